The molecule has 0 spiro atoms. The molecule has 0 aliphatic carbocycles. The standard InChI is InChI=1S/C13H10N6O/c1-2-16-13(20)10-5-9(3-4-17-10)19-8-18-11(6-14)12(19)7-15/h3-5,8H,2H2,1H3,(H,16,20). The Bertz CT molecular complexity index is 734. The van der Waals surface area contributed by atoms with Crippen molar-refractivity contribution in [2.75, 3.05) is 6.54 Å². The predicted octanol–water partition coefficient (Wildman–Crippen LogP) is 0.760. The molecule has 2 aromatic rings. The van der Waals surface area contributed by atoms with Gasteiger partial charge in [0.2, 0.25) is 0 Å². The van der Waals surface area contributed by atoms with Gasteiger partial charge in [0.25, 0.3) is 5.91 Å². The molecular formula is C13H10N6O. The lowest BCUT2D eigenvalue weighted by Gasteiger charge is -2.06. The topological polar surface area (TPSA) is 107 Å². The first kappa shape index (κ1) is 13.2. The minimum Gasteiger partial charge on any atom is -0.351 e. The summed E-state index contributed by atoms with van der Waals surface area (Å²) in [7, 11) is 0. The number of nitrogens with zero attached hydrogens (tertiary/aromatic N) is 5. The molecule has 0 aromatic carbocycles. The van der Waals surface area contributed by atoms with Gasteiger partial charge in [0.1, 0.15) is 24.2 Å². The zero-order valence-electron chi connectivity index (χ0n) is 10.7. The number of hydrogen-bond acceptors (Lipinski definition) is 5. The second kappa shape index (κ2) is 5.63. The Balaban J connectivity index is 2.47. The van der Waals surface area contributed by atoms with Crippen LogP contribution in [0.25, 0.3) is 5.69 Å². The van der Waals surface area contributed by atoms with Gasteiger partial charge in [-0.05, 0) is 19.1 Å². The number of pyridine rings is 1. The van der Waals surface area contributed by atoms with E-state index in [0.29, 0.717) is 12.2 Å². The van der Waals surface area contributed by atoms with Crippen LogP contribution in [0.1, 0.15) is 28.8 Å². The first-order chi connectivity index (χ1) is 9.71. The molecule has 0 fully saturated rings. The second-order valence-electron chi connectivity index (χ2n) is 3.79. The van der Waals surface area contributed by atoms with Crippen LogP contribution in [-0.4, -0.2) is 27.0 Å². The van der Waals surface area contributed by atoms with Crippen LogP contribution in [0, 0.1) is 22.7 Å². The van der Waals surface area contributed by atoms with Crippen LogP contribution >= 0.6 is 0 Å². The van der Waals surface area contributed by atoms with Gasteiger partial charge in [0.15, 0.2) is 11.4 Å². The van der Waals surface area contributed by atoms with Crippen molar-refractivity contribution in [3.63, 3.8) is 0 Å². The van der Waals surface area contributed by atoms with Crippen molar-refractivity contribution >= 4 is 5.91 Å². The molecule has 7 nitrogen and oxygen atoms in total. The SMILES string of the molecule is CCNC(=O)c1cc(-n2cnc(C#N)c2C#N)ccn1. The monoisotopic (exact) mass is 266 g/mol. The fourth-order valence-electron chi connectivity index (χ4n) is 1.68. The lowest BCUT2D eigenvalue weighted by atomic mass is 10.2. The van der Waals surface area contributed by atoms with Crippen molar-refractivity contribution in [3.05, 3.63) is 41.7 Å². The van der Waals surface area contributed by atoms with Gasteiger partial charge in [-0.25, -0.2) is 4.98 Å². The zero-order chi connectivity index (χ0) is 14.5. The van der Waals surface area contributed by atoms with E-state index in [4.69, 9.17) is 10.5 Å². The largest absolute Gasteiger partial charge is 0.351 e. The third kappa shape index (κ3) is 2.33. The molecule has 0 unspecified atom stereocenters. The summed E-state index contributed by atoms with van der Waals surface area (Å²) in [5.41, 5.74) is 0.955. The molecule has 98 valence electrons. The van der Waals surface area contributed by atoms with Gasteiger partial charge < -0.3 is 5.32 Å². The maximum absolute atomic E-state index is 11.7. The van der Waals surface area contributed by atoms with Gasteiger partial charge in [-0.2, -0.15) is 10.5 Å². The van der Waals surface area contributed by atoms with Crippen molar-refractivity contribution in [2.45, 2.75) is 6.92 Å². The van der Waals surface area contributed by atoms with Crippen molar-refractivity contribution in [1.29, 1.82) is 10.5 Å². The predicted molar refractivity (Wildman–Crippen MR) is 68.8 cm³/mol. The van der Waals surface area contributed by atoms with E-state index in [2.05, 4.69) is 15.3 Å². The number of nitriles is 2. The van der Waals surface area contributed by atoms with Crippen LogP contribution in [0.2, 0.25) is 0 Å². The van der Waals surface area contributed by atoms with Crippen LogP contribution in [-0.2, 0) is 0 Å². The Morgan fingerprint density at radius 2 is 2.20 bits per heavy atom. The molecule has 2 heterocycles. The second-order valence-corrected chi connectivity index (χ2v) is 3.79. The van der Waals surface area contributed by atoms with Crippen molar-refractivity contribution in [3.8, 4) is 17.8 Å². The highest BCUT2D eigenvalue weighted by atomic mass is 16.1. The molecule has 1 amide bonds. The Morgan fingerprint density at radius 1 is 1.40 bits per heavy atom. The van der Waals surface area contributed by atoms with E-state index in [-0.39, 0.29) is 23.0 Å². The van der Waals surface area contributed by atoms with E-state index in [9.17, 15) is 4.79 Å². The fourth-order valence-corrected chi connectivity index (χ4v) is 1.68. The third-order valence-electron chi connectivity index (χ3n) is 2.57. The maximum atomic E-state index is 11.7. The summed E-state index contributed by atoms with van der Waals surface area (Å²) < 4.78 is 1.45. The molecule has 0 aliphatic heterocycles. The zero-order valence-corrected chi connectivity index (χ0v) is 10.7. The number of carbonyl (C=O) groups excluding carboxylic acids is 1. The maximum Gasteiger partial charge on any atom is 0.269 e. The normalized spacial score (nSPS) is 9.55. The van der Waals surface area contributed by atoms with E-state index in [1.807, 2.05) is 19.1 Å². The van der Waals surface area contributed by atoms with E-state index in [1.165, 1.54) is 23.2 Å². The summed E-state index contributed by atoms with van der Waals surface area (Å²) in [5.74, 6) is -0.298. The van der Waals surface area contributed by atoms with E-state index in [0.717, 1.165) is 0 Å². The lowest BCUT2D eigenvalue weighted by molar-refractivity contribution is 0.0951. The molecule has 2 aromatic heterocycles. The summed E-state index contributed by atoms with van der Waals surface area (Å²) in [4.78, 5) is 19.6. The number of hydrogen-bond donors (Lipinski definition) is 1. The minimum absolute atomic E-state index is 0.0453. The molecule has 0 saturated heterocycles. The van der Waals surface area contributed by atoms with Gasteiger partial charge in [0, 0.05) is 12.7 Å². The van der Waals surface area contributed by atoms with Gasteiger partial charge in [-0.15, -0.1) is 0 Å². The number of imidazole rings is 1. The highest BCUT2D eigenvalue weighted by molar-refractivity contribution is 5.92. The van der Waals surface area contributed by atoms with Gasteiger partial charge >= 0.3 is 0 Å². The number of carbonyl (C=O) groups is 1. The molecule has 0 saturated carbocycles. The van der Waals surface area contributed by atoms with Crippen LogP contribution in [0.5, 0.6) is 0 Å². The number of rotatable bonds is 3. The Hall–Kier alpha value is -3.19. The van der Waals surface area contributed by atoms with Crippen LogP contribution in [0.4, 0.5) is 0 Å². The summed E-state index contributed by atoms with van der Waals surface area (Å²) >= 11 is 0. The Kier molecular flexibility index (Phi) is 3.73. The molecule has 0 radical (unpaired) electrons. The minimum atomic E-state index is -0.298. The number of aromatic nitrogens is 3. The molecule has 2 rings (SSSR count). The van der Waals surface area contributed by atoms with Crippen LogP contribution < -0.4 is 5.32 Å². The molecule has 0 atom stereocenters. The Labute approximate surface area is 115 Å². The number of nitrogens with one attached hydrogen (secondary N) is 1. The molecule has 0 aliphatic rings. The van der Waals surface area contributed by atoms with Crippen molar-refractivity contribution in [2.24, 2.45) is 0 Å². The third-order valence-corrected chi connectivity index (χ3v) is 2.57. The summed E-state index contributed by atoms with van der Waals surface area (Å²) in [6.45, 7) is 2.31. The molecule has 7 heteroatoms. The van der Waals surface area contributed by atoms with Gasteiger partial charge in [0.05, 0.1) is 5.69 Å². The van der Waals surface area contributed by atoms with E-state index < -0.39 is 0 Å². The van der Waals surface area contributed by atoms with E-state index >= 15 is 0 Å². The number of amides is 1. The summed E-state index contributed by atoms with van der Waals surface area (Å²) in [6.07, 6.45) is 2.83. The first-order valence-corrected chi connectivity index (χ1v) is 5.83. The quantitative estimate of drug-likeness (QED) is 0.882. The van der Waals surface area contributed by atoms with Crippen LogP contribution in [0.3, 0.4) is 0 Å². The first-order valence-electron chi connectivity index (χ1n) is 5.83. The summed E-state index contributed by atoms with van der Waals surface area (Å²) in [5, 5.41) is 20.6. The average molecular weight is 266 g/mol. The van der Waals surface area contributed by atoms with Crippen molar-refractivity contribution in [1.82, 2.24) is 19.9 Å². The highest BCUT2D eigenvalue weighted by Gasteiger charge is 2.13. The highest BCUT2D eigenvalue weighted by Crippen LogP contribution is 2.14. The van der Waals surface area contributed by atoms with Gasteiger partial charge in [-0.1, -0.05) is 0 Å². The fraction of sp³-hybridized carbons (Fsp3) is 0.154. The average Bonchev–Trinajstić information content (AvgIpc) is 2.90. The smallest absolute Gasteiger partial charge is 0.269 e. The molecule has 1 N–H and O–H groups in total. The summed E-state index contributed by atoms with van der Waals surface area (Å²) in [6, 6.07) is 6.94. The van der Waals surface area contributed by atoms with Crippen LogP contribution in [0.15, 0.2) is 24.7 Å². The molecule has 0 bridgehead atoms. The van der Waals surface area contributed by atoms with Gasteiger partial charge in [-0.3, -0.25) is 14.3 Å². The molecular weight excluding hydrogens is 256 g/mol. The molecule has 20 heavy (non-hydrogen) atoms. The van der Waals surface area contributed by atoms with Crippen molar-refractivity contribution < 1.29 is 4.79 Å². The van der Waals surface area contributed by atoms with E-state index in [1.54, 1.807) is 6.07 Å². The Morgan fingerprint density at radius 3 is 2.85 bits per heavy atom. The lowest BCUT2D eigenvalue weighted by Crippen LogP contribution is -2.23.